The molecule has 3 heteroatoms. The summed E-state index contributed by atoms with van der Waals surface area (Å²) in [6.07, 6.45) is 3.74. The van der Waals surface area contributed by atoms with E-state index in [-0.39, 0.29) is 11.9 Å². The van der Waals surface area contributed by atoms with Crippen LogP contribution in [0.25, 0.3) is 0 Å². The molecular formula is C17H28N2O. The zero-order chi connectivity index (χ0) is 15.0. The maximum Gasteiger partial charge on any atom is 0.237 e. The Bertz CT molecular complexity index is 389. The van der Waals surface area contributed by atoms with Crippen molar-refractivity contribution in [2.24, 2.45) is 11.7 Å². The topological polar surface area (TPSA) is 55.1 Å². The second-order valence-corrected chi connectivity index (χ2v) is 5.85. The molecule has 1 amide bonds. The summed E-state index contributed by atoms with van der Waals surface area (Å²) in [6.45, 7) is 6.44. The van der Waals surface area contributed by atoms with Crippen LogP contribution in [0.5, 0.6) is 0 Å². The molecule has 0 spiro atoms. The van der Waals surface area contributed by atoms with E-state index in [0.29, 0.717) is 5.92 Å². The molecule has 0 saturated heterocycles. The van der Waals surface area contributed by atoms with Crippen LogP contribution in [-0.4, -0.2) is 11.9 Å². The van der Waals surface area contributed by atoms with Crippen LogP contribution in [0.4, 0.5) is 0 Å². The third kappa shape index (κ3) is 5.74. The molecular weight excluding hydrogens is 248 g/mol. The van der Waals surface area contributed by atoms with Crippen molar-refractivity contribution >= 4 is 5.91 Å². The third-order valence-electron chi connectivity index (χ3n) is 3.43. The molecule has 0 radical (unpaired) electrons. The van der Waals surface area contributed by atoms with E-state index in [2.05, 4.69) is 38.2 Å². The van der Waals surface area contributed by atoms with Gasteiger partial charge < -0.3 is 11.1 Å². The number of benzene rings is 1. The minimum absolute atomic E-state index is 0.0343. The Labute approximate surface area is 122 Å². The van der Waals surface area contributed by atoms with Gasteiger partial charge in [-0.15, -0.1) is 0 Å². The van der Waals surface area contributed by atoms with Gasteiger partial charge in [-0.25, -0.2) is 0 Å². The lowest BCUT2D eigenvalue weighted by molar-refractivity contribution is -0.123. The quantitative estimate of drug-likeness (QED) is 0.764. The standard InChI is InChI=1S/C17H28N2O/c1-4-5-11-15(18)17(20)19-16(12-13(2)3)14-9-7-6-8-10-14/h6-10,13,15-16H,4-5,11-12,18H2,1-3H3,(H,19,20)/t15-,16?/m0/s1. The van der Waals surface area contributed by atoms with Gasteiger partial charge in [-0.2, -0.15) is 0 Å². The van der Waals surface area contributed by atoms with E-state index in [1.165, 1.54) is 0 Å². The molecule has 0 fully saturated rings. The maximum absolute atomic E-state index is 12.2. The smallest absolute Gasteiger partial charge is 0.237 e. The molecule has 20 heavy (non-hydrogen) atoms. The molecule has 3 N–H and O–H groups in total. The molecule has 1 unspecified atom stereocenters. The lowest BCUT2D eigenvalue weighted by Gasteiger charge is -2.23. The Morgan fingerprint density at radius 3 is 2.45 bits per heavy atom. The maximum atomic E-state index is 12.2. The van der Waals surface area contributed by atoms with Crippen molar-refractivity contribution in [2.45, 2.75) is 58.5 Å². The van der Waals surface area contributed by atoms with Crippen LogP contribution in [0.1, 0.15) is 58.1 Å². The van der Waals surface area contributed by atoms with Crippen LogP contribution < -0.4 is 11.1 Å². The van der Waals surface area contributed by atoms with Crippen molar-refractivity contribution in [1.29, 1.82) is 0 Å². The summed E-state index contributed by atoms with van der Waals surface area (Å²) in [4.78, 5) is 12.2. The second kappa shape index (κ2) is 8.75. The zero-order valence-corrected chi connectivity index (χ0v) is 12.9. The van der Waals surface area contributed by atoms with Gasteiger partial charge in [0.15, 0.2) is 0 Å². The highest BCUT2D eigenvalue weighted by atomic mass is 16.2. The van der Waals surface area contributed by atoms with Crippen LogP contribution in [0.3, 0.4) is 0 Å². The summed E-state index contributed by atoms with van der Waals surface area (Å²) in [5, 5.41) is 3.11. The first-order chi connectivity index (χ1) is 9.54. The fourth-order valence-corrected chi connectivity index (χ4v) is 2.27. The van der Waals surface area contributed by atoms with Crippen molar-refractivity contribution in [3.05, 3.63) is 35.9 Å². The van der Waals surface area contributed by atoms with E-state index in [1.807, 2.05) is 18.2 Å². The first-order valence-electron chi connectivity index (χ1n) is 7.65. The minimum atomic E-state index is -0.395. The van der Waals surface area contributed by atoms with E-state index in [0.717, 1.165) is 31.2 Å². The third-order valence-corrected chi connectivity index (χ3v) is 3.43. The van der Waals surface area contributed by atoms with Gasteiger partial charge in [-0.05, 0) is 24.3 Å². The van der Waals surface area contributed by atoms with E-state index >= 15 is 0 Å². The lowest BCUT2D eigenvalue weighted by Crippen LogP contribution is -2.42. The van der Waals surface area contributed by atoms with E-state index in [1.54, 1.807) is 0 Å². The highest BCUT2D eigenvalue weighted by Crippen LogP contribution is 2.21. The number of unbranched alkanes of at least 4 members (excludes halogenated alkanes) is 1. The van der Waals surface area contributed by atoms with Crippen LogP contribution in [0, 0.1) is 5.92 Å². The van der Waals surface area contributed by atoms with E-state index < -0.39 is 6.04 Å². The molecule has 0 bridgehead atoms. The number of hydrogen-bond acceptors (Lipinski definition) is 2. The Kier molecular flexibility index (Phi) is 7.31. The van der Waals surface area contributed by atoms with Crippen molar-refractivity contribution in [2.75, 3.05) is 0 Å². The van der Waals surface area contributed by atoms with Crippen LogP contribution in [0.2, 0.25) is 0 Å². The van der Waals surface area contributed by atoms with Gasteiger partial charge in [0.05, 0.1) is 12.1 Å². The van der Waals surface area contributed by atoms with Crippen molar-refractivity contribution < 1.29 is 4.79 Å². The number of carbonyl (C=O) groups is 1. The molecule has 3 nitrogen and oxygen atoms in total. The molecule has 1 aromatic rings. The summed E-state index contributed by atoms with van der Waals surface area (Å²) in [5.74, 6) is 0.486. The minimum Gasteiger partial charge on any atom is -0.348 e. The first-order valence-corrected chi connectivity index (χ1v) is 7.65. The van der Waals surface area contributed by atoms with Gasteiger partial charge in [0.2, 0.25) is 5.91 Å². The molecule has 0 aliphatic rings. The lowest BCUT2D eigenvalue weighted by atomic mass is 9.96. The van der Waals surface area contributed by atoms with E-state index in [4.69, 9.17) is 5.73 Å². The number of hydrogen-bond donors (Lipinski definition) is 2. The predicted molar refractivity (Wildman–Crippen MR) is 84.3 cm³/mol. The summed E-state index contributed by atoms with van der Waals surface area (Å²) in [5.41, 5.74) is 7.10. The molecule has 0 aliphatic heterocycles. The van der Waals surface area contributed by atoms with Crippen molar-refractivity contribution in [1.82, 2.24) is 5.32 Å². The molecule has 0 heterocycles. The van der Waals surface area contributed by atoms with Gasteiger partial charge in [0, 0.05) is 0 Å². The molecule has 2 atom stereocenters. The van der Waals surface area contributed by atoms with E-state index in [9.17, 15) is 4.79 Å². The normalized spacial score (nSPS) is 14.1. The zero-order valence-electron chi connectivity index (χ0n) is 12.9. The van der Waals surface area contributed by atoms with Gasteiger partial charge in [0.1, 0.15) is 0 Å². The van der Waals surface area contributed by atoms with Gasteiger partial charge >= 0.3 is 0 Å². The molecule has 112 valence electrons. The largest absolute Gasteiger partial charge is 0.348 e. The predicted octanol–water partition coefficient (Wildman–Crippen LogP) is 3.41. The van der Waals surface area contributed by atoms with Crippen LogP contribution >= 0.6 is 0 Å². The van der Waals surface area contributed by atoms with Crippen molar-refractivity contribution in [3.63, 3.8) is 0 Å². The molecule has 0 aliphatic carbocycles. The Balaban J connectivity index is 2.68. The summed E-state index contributed by atoms with van der Waals surface area (Å²) in [7, 11) is 0. The van der Waals surface area contributed by atoms with Crippen molar-refractivity contribution in [3.8, 4) is 0 Å². The fourth-order valence-electron chi connectivity index (χ4n) is 2.27. The summed E-state index contributed by atoms with van der Waals surface area (Å²) in [6, 6.07) is 9.78. The highest BCUT2D eigenvalue weighted by molar-refractivity contribution is 5.81. The Morgan fingerprint density at radius 2 is 1.90 bits per heavy atom. The second-order valence-electron chi connectivity index (χ2n) is 5.85. The van der Waals surface area contributed by atoms with Crippen LogP contribution in [0.15, 0.2) is 30.3 Å². The summed E-state index contributed by atoms with van der Waals surface area (Å²) < 4.78 is 0. The number of nitrogens with one attached hydrogen (secondary N) is 1. The number of rotatable bonds is 8. The highest BCUT2D eigenvalue weighted by Gasteiger charge is 2.19. The molecule has 0 saturated carbocycles. The Morgan fingerprint density at radius 1 is 1.25 bits per heavy atom. The van der Waals surface area contributed by atoms with Gasteiger partial charge in [-0.3, -0.25) is 4.79 Å². The SMILES string of the molecule is CCCC[C@H](N)C(=O)NC(CC(C)C)c1ccccc1. The van der Waals surface area contributed by atoms with Gasteiger partial charge in [-0.1, -0.05) is 63.9 Å². The van der Waals surface area contributed by atoms with Crippen LogP contribution in [-0.2, 0) is 4.79 Å². The Hall–Kier alpha value is -1.35. The fraction of sp³-hybridized carbons (Fsp3) is 0.588. The summed E-state index contributed by atoms with van der Waals surface area (Å²) >= 11 is 0. The molecule has 0 aromatic heterocycles. The monoisotopic (exact) mass is 276 g/mol. The average molecular weight is 276 g/mol. The number of amides is 1. The molecule has 1 aromatic carbocycles. The number of carbonyl (C=O) groups excluding carboxylic acids is 1. The first kappa shape index (κ1) is 16.7. The average Bonchev–Trinajstić information content (AvgIpc) is 2.44. The molecule has 1 rings (SSSR count). The van der Waals surface area contributed by atoms with Gasteiger partial charge in [0.25, 0.3) is 0 Å². The number of nitrogens with two attached hydrogens (primary N) is 1.